The van der Waals surface area contributed by atoms with Gasteiger partial charge in [-0.05, 0) is 40.8 Å². The molecule has 0 amide bonds. The Morgan fingerprint density at radius 2 is 2.00 bits per heavy atom. The number of hydrogen-bond acceptors (Lipinski definition) is 3. The molecule has 84 valence electrons. The minimum Gasteiger partial charge on any atom is -0.328 e. The summed E-state index contributed by atoms with van der Waals surface area (Å²) in [6, 6.07) is 0.331. The van der Waals surface area contributed by atoms with Gasteiger partial charge in [0.05, 0.1) is 0 Å². The van der Waals surface area contributed by atoms with Crippen molar-refractivity contribution in [2.45, 2.75) is 38.8 Å². The summed E-state index contributed by atoms with van der Waals surface area (Å²) in [5, 5.41) is 0. The third kappa shape index (κ3) is 3.23. The predicted molar refractivity (Wildman–Crippen MR) is 61.4 cm³/mol. The Bertz CT molecular complexity index is 177. The average molecular weight is 199 g/mol. The van der Waals surface area contributed by atoms with E-state index in [0.29, 0.717) is 11.6 Å². The first kappa shape index (κ1) is 12.0. The summed E-state index contributed by atoms with van der Waals surface area (Å²) < 4.78 is 0. The molecule has 1 fully saturated rings. The van der Waals surface area contributed by atoms with Gasteiger partial charge in [-0.1, -0.05) is 0 Å². The standard InChI is InChI=1S/C11H25N3/c1-10(12)5-6-14-8-7-13(4)11(2,3)9-14/h10H,5-9,12H2,1-4H3. The summed E-state index contributed by atoms with van der Waals surface area (Å²) in [6.07, 6.45) is 1.11. The molecule has 0 saturated carbocycles. The molecule has 0 spiro atoms. The number of piperazine rings is 1. The van der Waals surface area contributed by atoms with E-state index in [9.17, 15) is 0 Å². The maximum Gasteiger partial charge on any atom is 0.0277 e. The van der Waals surface area contributed by atoms with Crippen molar-refractivity contribution in [3.63, 3.8) is 0 Å². The highest BCUT2D eigenvalue weighted by molar-refractivity contribution is 4.88. The quantitative estimate of drug-likeness (QED) is 0.728. The van der Waals surface area contributed by atoms with E-state index in [1.165, 1.54) is 13.1 Å². The molecule has 1 atom stereocenters. The normalized spacial score (nSPS) is 26.4. The second kappa shape index (κ2) is 4.60. The number of hydrogen-bond donors (Lipinski definition) is 1. The van der Waals surface area contributed by atoms with Crippen molar-refractivity contribution < 1.29 is 0 Å². The molecule has 1 unspecified atom stereocenters. The van der Waals surface area contributed by atoms with Crippen molar-refractivity contribution in [1.82, 2.24) is 9.80 Å². The third-order valence-corrected chi connectivity index (χ3v) is 3.30. The zero-order valence-corrected chi connectivity index (χ0v) is 10.1. The molecule has 2 N–H and O–H groups in total. The van der Waals surface area contributed by atoms with Crippen LogP contribution in [0.4, 0.5) is 0 Å². The number of nitrogens with two attached hydrogens (primary N) is 1. The summed E-state index contributed by atoms with van der Waals surface area (Å²) in [6.45, 7) is 11.4. The van der Waals surface area contributed by atoms with Crippen molar-refractivity contribution in [3.8, 4) is 0 Å². The Morgan fingerprint density at radius 3 is 2.50 bits per heavy atom. The first-order valence-electron chi connectivity index (χ1n) is 5.61. The Kier molecular flexibility index (Phi) is 3.93. The lowest BCUT2D eigenvalue weighted by Gasteiger charge is -2.45. The molecule has 0 radical (unpaired) electrons. The summed E-state index contributed by atoms with van der Waals surface area (Å²) in [7, 11) is 2.21. The first-order valence-corrected chi connectivity index (χ1v) is 5.61. The lowest BCUT2D eigenvalue weighted by molar-refractivity contribution is 0.0389. The van der Waals surface area contributed by atoms with Crippen LogP contribution in [0.15, 0.2) is 0 Å². The summed E-state index contributed by atoms with van der Waals surface area (Å²) in [5.41, 5.74) is 6.08. The van der Waals surface area contributed by atoms with Crippen molar-refractivity contribution in [2.75, 3.05) is 33.2 Å². The minimum atomic E-state index is 0.316. The van der Waals surface area contributed by atoms with Gasteiger partial charge in [0.25, 0.3) is 0 Å². The lowest BCUT2D eigenvalue weighted by atomic mass is 9.99. The van der Waals surface area contributed by atoms with Crippen molar-refractivity contribution in [1.29, 1.82) is 0 Å². The third-order valence-electron chi connectivity index (χ3n) is 3.30. The molecule has 1 rings (SSSR count). The fraction of sp³-hybridized carbons (Fsp3) is 1.00. The SMILES string of the molecule is CC(N)CCN1CCN(C)C(C)(C)C1. The van der Waals surface area contributed by atoms with Crippen LogP contribution < -0.4 is 5.73 Å². The molecule has 1 aliphatic rings. The van der Waals surface area contributed by atoms with Gasteiger partial charge in [-0.25, -0.2) is 0 Å². The first-order chi connectivity index (χ1) is 6.42. The highest BCUT2D eigenvalue weighted by atomic mass is 15.3. The maximum atomic E-state index is 5.77. The molecule has 1 aliphatic heterocycles. The van der Waals surface area contributed by atoms with E-state index >= 15 is 0 Å². The summed E-state index contributed by atoms with van der Waals surface area (Å²) in [5.74, 6) is 0. The van der Waals surface area contributed by atoms with Gasteiger partial charge in [0.1, 0.15) is 0 Å². The van der Waals surface area contributed by atoms with Crippen molar-refractivity contribution in [2.24, 2.45) is 5.73 Å². The highest BCUT2D eigenvalue weighted by Crippen LogP contribution is 2.18. The van der Waals surface area contributed by atoms with E-state index in [1.807, 2.05) is 0 Å². The Balaban J connectivity index is 2.36. The fourth-order valence-electron chi connectivity index (χ4n) is 1.92. The van der Waals surface area contributed by atoms with Crippen LogP contribution in [0.5, 0.6) is 0 Å². The number of rotatable bonds is 3. The Hall–Kier alpha value is -0.120. The minimum absolute atomic E-state index is 0.316. The van der Waals surface area contributed by atoms with Crippen LogP contribution in [0.3, 0.4) is 0 Å². The van der Waals surface area contributed by atoms with Gasteiger partial charge in [0, 0.05) is 31.2 Å². The van der Waals surface area contributed by atoms with Gasteiger partial charge in [-0.15, -0.1) is 0 Å². The Morgan fingerprint density at radius 1 is 1.36 bits per heavy atom. The molecule has 0 aromatic heterocycles. The molecule has 0 aliphatic carbocycles. The highest BCUT2D eigenvalue weighted by Gasteiger charge is 2.30. The zero-order chi connectivity index (χ0) is 10.8. The fourth-order valence-corrected chi connectivity index (χ4v) is 1.92. The molecule has 1 heterocycles. The van der Waals surface area contributed by atoms with Crippen LogP contribution in [-0.4, -0.2) is 54.6 Å². The zero-order valence-electron chi connectivity index (χ0n) is 10.1. The topological polar surface area (TPSA) is 32.5 Å². The van der Waals surface area contributed by atoms with E-state index in [2.05, 4.69) is 37.6 Å². The summed E-state index contributed by atoms with van der Waals surface area (Å²) in [4.78, 5) is 4.97. The molecule has 3 heteroatoms. The van der Waals surface area contributed by atoms with Crippen molar-refractivity contribution in [3.05, 3.63) is 0 Å². The van der Waals surface area contributed by atoms with E-state index in [4.69, 9.17) is 5.73 Å². The molecular formula is C11H25N3. The van der Waals surface area contributed by atoms with Crippen LogP contribution in [0.25, 0.3) is 0 Å². The monoisotopic (exact) mass is 199 g/mol. The van der Waals surface area contributed by atoms with Gasteiger partial charge < -0.3 is 10.6 Å². The van der Waals surface area contributed by atoms with E-state index in [0.717, 1.165) is 19.5 Å². The average Bonchev–Trinajstić information content (AvgIpc) is 2.07. The molecule has 3 nitrogen and oxygen atoms in total. The molecule has 0 bridgehead atoms. The molecule has 1 saturated heterocycles. The molecule has 0 aromatic rings. The Labute approximate surface area is 88.2 Å². The van der Waals surface area contributed by atoms with Gasteiger partial charge >= 0.3 is 0 Å². The van der Waals surface area contributed by atoms with E-state index < -0.39 is 0 Å². The largest absolute Gasteiger partial charge is 0.328 e. The second-order valence-electron chi connectivity index (χ2n) is 5.28. The van der Waals surface area contributed by atoms with E-state index in [1.54, 1.807) is 0 Å². The molecule has 0 aromatic carbocycles. The number of likely N-dealkylation sites (N-methyl/N-ethyl adjacent to an activating group) is 1. The predicted octanol–water partition coefficient (Wildman–Crippen LogP) is 0.750. The second-order valence-corrected chi connectivity index (χ2v) is 5.28. The van der Waals surface area contributed by atoms with Crippen LogP contribution in [0, 0.1) is 0 Å². The van der Waals surface area contributed by atoms with Gasteiger partial charge in [-0.3, -0.25) is 4.90 Å². The van der Waals surface area contributed by atoms with Crippen molar-refractivity contribution >= 4 is 0 Å². The van der Waals surface area contributed by atoms with Gasteiger partial charge in [0.2, 0.25) is 0 Å². The van der Waals surface area contributed by atoms with Crippen LogP contribution >= 0.6 is 0 Å². The smallest absolute Gasteiger partial charge is 0.0277 e. The molecule has 14 heavy (non-hydrogen) atoms. The molecular weight excluding hydrogens is 174 g/mol. The van der Waals surface area contributed by atoms with Crippen LogP contribution in [0.1, 0.15) is 27.2 Å². The van der Waals surface area contributed by atoms with Crippen LogP contribution in [-0.2, 0) is 0 Å². The van der Waals surface area contributed by atoms with Gasteiger partial charge in [0.15, 0.2) is 0 Å². The van der Waals surface area contributed by atoms with Gasteiger partial charge in [-0.2, -0.15) is 0 Å². The summed E-state index contributed by atoms with van der Waals surface area (Å²) >= 11 is 0. The van der Waals surface area contributed by atoms with Crippen LogP contribution in [0.2, 0.25) is 0 Å². The van der Waals surface area contributed by atoms with E-state index in [-0.39, 0.29) is 0 Å². The maximum absolute atomic E-state index is 5.77. The number of nitrogens with zero attached hydrogens (tertiary/aromatic N) is 2. The lowest BCUT2D eigenvalue weighted by Crippen LogP contribution is -2.57.